The number of hydrogen-bond acceptors (Lipinski definition) is 8. The van der Waals surface area contributed by atoms with Gasteiger partial charge in [0.05, 0.1) is 27.7 Å². The van der Waals surface area contributed by atoms with Crippen LogP contribution in [0.1, 0.15) is 19.8 Å². The number of nitro benzene ring substituents is 1. The molecule has 0 spiro atoms. The van der Waals surface area contributed by atoms with Gasteiger partial charge in [-0.25, -0.2) is 8.42 Å². The van der Waals surface area contributed by atoms with E-state index in [1.165, 1.54) is 27.8 Å². The standard InChI is InChI=1S/C21H24N4O6S3/c1-2-31-11-10-24-17-8-7-16(25(27)28)13-18(17)33-21(24)22-20(26)15-5-3-9-23(14-15)34(29,30)19-6-4-12-32-19/h4,6-8,12-13,15H,2-3,5,9-11,14H2,1H3. The Kier molecular flexibility index (Phi) is 7.57. The molecule has 0 radical (unpaired) electrons. The average Bonchev–Trinajstić information content (AvgIpc) is 3.48. The van der Waals surface area contributed by atoms with Crippen LogP contribution in [0.25, 0.3) is 10.2 Å². The Hall–Kier alpha value is -2.45. The first-order valence-corrected chi connectivity index (χ1v) is 13.9. The number of nitro groups is 1. The topological polar surface area (TPSA) is 124 Å². The lowest BCUT2D eigenvalue weighted by Crippen LogP contribution is -2.42. The number of sulfonamides is 1. The fraction of sp³-hybridized carbons (Fsp3) is 0.429. The number of carbonyl (C=O) groups excluding carboxylic acids is 1. The number of hydrogen-bond donors (Lipinski definition) is 0. The maximum atomic E-state index is 13.1. The Labute approximate surface area is 204 Å². The molecule has 34 heavy (non-hydrogen) atoms. The molecule has 1 amide bonds. The molecule has 0 N–H and O–H groups in total. The molecule has 1 saturated heterocycles. The number of fused-ring (bicyclic) bond motifs is 1. The highest BCUT2D eigenvalue weighted by atomic mass is 32.2. The summed E-state index contributed by atoms with van der Waals surface area (Å²) in [5.74, 6) is -0.944. The Balaban J connectivity index is 1.64. The fourth-order valence-corrected chi connectivity index (χ4v) is 7.63. The van der Waals surface area contributed by atoms with Crippen LogP contribution in [0.15, 0.2) is 44.9 Å². The number of aromatic nitrogens is 1. The van der Waals surface area contributed by atoms with Crippen molar-refractivity contribution >= 4 is 54.5 Å². The highest BCUT2D eigenvalue weighted by Gasteiger charge is 2.33. The second kappa shape index (κ2) is 10.4. The van der Waals surface area contributed by atoms with Gasteiger partial charge in [0.25, 0.3) is 21.6 Å². The molecule has 3 heterocycles. The van der Waals surface area contributed by atoms with E-state index >= 15 is 0 Å². The molecule has 4 rings (SSSR count). The number of carbonyl (C=O) groups is 1. The zero-order valence-corrected chi connectivity index (χ0v) is 20.9. The smallest absolute Gasteiger partial charge is 0.270 e. The van der Waals surface area contributed by atoms with E-state index in [-0.39, 0.29) is 16.4 Å². The summed E-state index contributed by atoms with van der Waals surface area (Å²) in [7, 11) is -3.64. The lowest BCUT2D eigenvalue weighted by Gasteiger charge is -2.29. The number of thiophene rings is 1. The van der Waals surface area contributed by atoms with Crippen molar-refractivity contribution in [2.75, 3.05) is 26.3 Å². The molecule has 2 aromatic heterocycles. The van der Waals surface area contributed by atoms with E-state index in [1.54, 1.807) is 23.6 Å². The normalized spacial score (nSPS) is 17.9. The van der Waals surface area contributed by atoms with Crippen LogP contribution in [-0.4, -0.2) is 54.4 Å². The number of amides is 1. The van der Waals surface area contributed by atoms with Gasteiger partial charge in [0.1, 0.15) is 4.21 Å². The molecule has 182 valence electrons. The number of non-ortho nitro benzene ring substituents is 1. The second-order valence-electron chi connectivity index (χ2n) is 7.73. The van der Waals surface area contributed by atoms with Crippen molar-refractivity contribution in [3.8, 4) is 0 Å². The van der Waals surface area contributed by atoms with Gasteiger partial charge in [-0.3, -0.25) is 14.9 Å². The molecule has 0 saturated carbocycles. The quantitative estimate of drug-likeness (QED) is 0.253. The minimum absolute atomic E-state index is 0.0368. The monoisotopic (exact) mass is 524 g/mol. The predicted octanol–water partition coefficient (Wildman–Crippen LogP) is 3.24. The SMILES string of the molecule is CCOCCn1c(=NC(=O)C2CCCN(S(=O)(=O)c3cccs3)C2)sc2cc([N+](=O)[O-])ccc21. The third kappa shape index (κ3) is 5.13. The minimum Gasteiger partial charge on any atom is -0.380 e. The van der Waals surface area contributed by atoms with Gasteiger partial charge in [0, 0.05) is 38.4 Å². The third-order valence-electron chi connectivity index (χ3n) is 5.57. The first-order valence-electron chi connectivity index (χ1n) is 10.8. The van der Waals surface area contributed by atoms with Crippen molar-refractivity contribution in [3.63, 3.8) is 0 Å². The molecule has 0 bridgehead atoms. The highest BCUT2D eigenvalue weighted by Crippen LogP contribution is 2.27. The molecule has 1 aliphatic heterocycles. The molecule has 3 aromatic rings. The number of piperidine rings is 1. The molecule has 10 nitrogen and oxygen atoms in total. The summed E-state index contributed by atoms with van der Waals surface area (Å²) in [6, 6.07) is 7.79. The van der Waals surface area contributed by atoms with Crippen LogP contribution in [0.2, 0.25) is 0 Å². The van der Waals surface area contributed by atoms with Gasteiger partial charge < -0.3 is 9.30 Å². The maximum Gasteiger partial charge on any atom is 0.270 e. The lowest BCUT2D eigenvalue weighted by molar-refractivity contribution is -0.384. The van der Waals surface area contributed by atoms with Gasteiger partial charge in [0.2, 0.25) is 0 Å². The molecule has 13 heteroatoms. The van der Waals surface area contributed by atoms with Gasteiger partial charge in [-0.1, -0.05) is 17.4 Å². The molecule has 1 aromatic carbocycles. The summed E-state index contributed by atoms with van der Waals surface area (Å²) in [5, 5.41) is 12.9. The molecule has 1 unspecified atom stereocenters. The molecular formula is C21H24N4O6S3. The zero-order chi connectivity index (χ0) is 24.3. The van der Waals surface area contributed by atoms with Gasteiger partial charge in [0.15, 0.2) is 4.80 Å². The van der Waals surface area contributed by atoms with Crippen LogP contribution in [0.3, 0.4) is 0 Å². The predicted molar refractivity (Wildman–Crippen MR) is 129 cm³/mol. The summed E-state index contributed by atoms with van der Waals surface area (Å²) in [6.07, 6.45) is 1.12. The Morgan fingerprint density at radius 3 is 2.88 bits per heavy atom. The minimum atomic E-state index is -3.64. The van der Waals surface area contributed by atoms with E-state index in [1.807, 2.05) is 11.5 Å². The number of benzene rings is 1. The van der Waals surface area contributed by atoms with Crippen molar-refractivity contribution in [3.05, 3.63) is 50.6 Å². The van der Waals surface area contributed by atoms with E-state index in [4.69, 9.17) is 4.74 Å². The van der Waals surface area contributed by atoms with E-state index < -0.39 is 26.8 Å². The average molecular weight is 525 g/mol. The van der Waals surface area contributed by atoms with Gasteiger partial charge >= 0.3 is 0 Å². The number of ether oxygens (including phenoxy) is 1. The van der Waals surface area contributed by atoms with Crippen LogP contribution in [0.5, 0.6) is 0 Å². The van der Waals surface area contributed by atoms with Gasteiger partial charge in [-0.05, 0) is 37.3 Å². The summed E-state index contributed by atoms with van der Waals surface area (Å²) < 4.78 is 35.3. The largest absolute Gasteiger partial charge is 0.380 e. The van der Waals surface area contributed by atoms with Crippen LogP contribution in [0, 0.1) is 16.0 Å². The maximum absolute atomic E-state index is 13.1. The molecular weight excluding hydrogens is 500 g/mol. The lowest BCUT2D eigenvalue weighted by atomic mass is 9.99. The molecule has 0 aliphatic carbocycles. The summed E-state index contributed by atoms with van der Waals surface area (Å²) in [5.41, 5.74) is 0.692. The second-order valence-corrected chi connectivity index (χ2v) is 11.8. The van der Waals surface area contributed by atoms with E-state index in [9.17, 15) is 23.3 Å². The number of rotatable bonds is 8. The summed E-state index contributed by atoms with van der Waals surface area (Å²) in [6.45, 7) is 3.70. The Morgan fingerprint density at radius 2 is 2.18 bits per heavy atom. The first-order chi connectivity index (χ1) is 16.3. The fourth-order valence-electron chi connectivity index (χ4n) is 3.86. The van der Waals surface area contributed by atoms with Crippen molar-refractivity contribution in [1.29, 1.82) is 0 Å². The summed E-state index contributed by atoms with van der Waals surface area (Å²) >= 11 is 2.35. The van der Waals surface area contributed by atoms with Crippen molar-refractivity contribution < 1.29 is 22.9 Å². The van der Waals surface area contributed by atoms with Gasteiger partial charge in [-0.2, -0.15) is 9.30 Å². The van der Waals surface area contributed by atoms with E-state index in [0.29, 0.717) is 48.6 Å². The van der Waals surface area contributed by atoms with Crippen molar-refractivity contribution in [2.45, 2.75) is 30.5 Å². The molecule has 1 fully saturated rings. The number of thiazole rings is 1. The highest BCUT2D eigenvalue weighted by molar-refractivity contribution is 7.91. The van der Waals surface area contributed by atoms with Crippen LogP contribution < -0.4 is 4.80 Å². The Morgan fingerprint density at radius 1 is 1.35 bits per heavy atom. The molecule has 1 atom stereocenters. The van der Waals surface area contributed by atoms with Crippen LogP contribution in [0.4, 0.5) is 5.69 Å². The Bertz CT molecular complexity index is 1360. The van der Waals surface area contributed by atoms with Crippen LogP contribution in [-0.2, 0) is 26.1 Å². The van der Waals surface area contributed by atoms with Gasteiger partial charge in [-0.15, -0.1) is 11.3 Å². The number of nitrogens with zero attached hydrogens (tertiary/aromatic N) is 4. The van der Waals surface area contributed by atoms with E-state index in [0.717, 1.165) is 16.9 Å². The van der Waals surface area contributed by atoms with Crippen molar-refractivity contribution in [2.24, 2.45) is 10.9 Å². The first kappa shape index (κ1) is 24.7. The molecule has 1 aliphatic rings. The van der Waals surface area contributed by atoms with Crippen molar-refractivity contribution in [1.82, 2.24) is 8.87 Å². The summed E-state index contributed by atoms with van der Waals surface area (Å²) in [4.78, 5) is 28.6. The third-order valence-corrected chi connectivity index (χ3v) is 9.85. The van der Waals surface area contributed by atoms with E-state index in [2.05, 4.69) is 4.99 Å². The zero-order valence-electron chi connectivity index (χ0n) is 18.5. The van der Waals surface area contributed by atoms with Crippen LogP contribution >= 0.6 is 22.7 Å².